The number of hydrogen-bond donors (Lipinski definition) is 0. The molecule has 2 aromatic rings. The van der Waals surface area contributed by atoms with Crippen LogP contribution >= 0.6 is 27.3 Å². The van der Waals surface area contributed by atoms with Gasteiger partial charge in [-0.1, -0.05) is 0 Å². The van der Waals surface area contributed by atoms with Crippen molar-refractivity contribution < 1.29 is 4.79 Å². The number of nitrogens with zero attached hydrogens (tertiary/aromatic N) is 2. The number of hydrogen-bond acceptors (Lipinski definition) is 3. The first kappa shape index (κ1) is 11.5. The van der Waals surface area contributed by atoms with E-state index in [4.69, 9.17) is 0 Å². The molecule has 0 saturated heterocycles. The number of carbonyl (C=O) groups is 1. The van der Waals surface area contributed by atoms with Gasteiger partial charge in [-0.05, 0) is 47.5 Å². The molecule has 0 saturated carbocycles. The van der Waals surface area contributed by atoms with E-state index in [-0.39, 0.29) is 5.78 Å². The van der Waals surface area contributed by atoms with E-state index in [0.717, 1.165) is 14.2 Å². The van der Waals surface area contributed by atoms with Gasteiger partial charge in [-0.15, -0.1) is 11.3 Å². The van der Waals surface area contributed by atoms with E-state index < -0.39 is 0 Å². The summed E-state index contributed by atoms with van der Waals surface area (Å²) in [6, 6.07) is 3.67. The minimum atomic E-state index is 0.0400. The Kier molecular flexibility index (Phi) is 3.25. The maximum Gasteiger partial charge on any atom is 0.220 e. The van der Waals surface area contributed by atoms with E-state index in [2.05, 4.69) is 21.0 Å². The van der Waals surface area contributed by atoms with Gasteiger partial charge < -0.3 is 0 Å². The Labute approximate surface area is 106 Å². The summed E-state index contributed by atoms with van der Waals surface area (Å²) in [5, 5.41) is 4.10. The predicted molar refractivity (Wildman–Crippen MR) is 68.1 cm³/mol. The molecule has 84 valence electrons. The third-order valence-electron chi connectivity index (χ3n) is 2.33. The fourth-order valence-corrected chi connectivity index (χ4v) is 2.96. The van der Waals surface area contributed by atoms with Crippen molar-refractivity contribution in [3.05, 3.63) is 38.3 Å². The Morgan fingerprint density at radius 2 is 2.38 bits per heavy atom. The Morgan fingerprint density at radius 3 is 2.94 bits per heavy atom. The number of rotatable bonds is 3. The molecule has 0 N–H and O–H groups in total. The molecule has 3 nitrogen and oxygen atoms in total. The lowest BCUT2D eigenvalue weighted by Gasteiger charge is -2.01. The van der Waals surface area contributed by atoms with E-state index in [9.17, 15) is 4.79 Å². The largest absolute Gasteiger partial charge is 0.286 e. The van der Waals surface area contributed by atoms with Crippen molar-refractivity contribution in [3.63, 3.8) is 0 Å². The van der Waals surface area contributed by atoms with Gasteiger partial charge in [0.25, 0.3) is 0 Å². The van der Waals surface area contributed by atoms with Gasteiger partial charge in [0.15, 0.2) is 0 Å². The Hall–Kier alpha value is -0.940. The van der Waals surface area contributed by atoms with Crippen molar-refractivity contribution in [1.29, 1.82) is 0 Å². The molecule has 0 radical (unpaired) electrons. The number of aryl methyl sites for hydroxylation is 2. The second-order valence-corrected chi connectivity index (χ2v) is 5.80. The van der Waals surface area contributed by atoms with Crippen molar-refractivity contribution >= 4 is 33.0 Å². The van der Waals surface area contributed by atoms with Crippen LogP contribution in [0, 0.1) is 6.92 Å². The Bertz CT molecular complexity index is 510. The quantitative estimate of drug-likeness (QED) is 0.815. The van der Waals surface area contributed by atoms with Crippen molar-refractivity contribution in [2.45, 2.75) is 20.4 Å². The maximum atomic E-state index is 12.2. The van der Waals surface area contributed by atoms with E-state index in [1.54, 1.807) is 16.9 Å². The lowest BCUT2D eigenvalue weighted by atomic mass is 10.2. The summed E-state index contributed by atoms with van der Waals surface area (Å²) in [7, 11) is 0. The number of carbonyl (C=O) groups excluding carboxylic acids is 1. The standard InChI is InChI=1S/C11H11BrN2OS/c1-3-14-8(4-5-13-14)10(15)9-6-7(2)11(12)16-9/h4-6H,3H2,1-2H3. The van der Waals surface area contributed by atoms with Crippen molar-refractivity contribution in [1.82, 2.24) is 9.78 Å². The van der Waals surface area contributed by atoms with Gasteiger partial charge >= 0.3 is 0 Å². The first-order valence-corrected chi connectivity index (χ1v) is 6.57. The van der Waals surface area contributed by atoms with Crippen LogP contribution in [-0.2, 0) is 6.54 Å². The molecule has 0 unspecified atom stereocenters. The predicted octanol–water partition coefficient (Wildman–Crippen LogP) is 3.27. The van der Waals surface area contributed by atoms with Crippen molar-refractivity contribution in [2.24, 2.45) is 0 Å². The van der Waals surface area contributed by atoms with Gasteiger partial charge in [-0.25, -0.2) is 0 Å². The normalized spacial score (nSPS) is 10.7. The van der Waals surface area contributed by atoms with Gasteiger partial charge in [0, 0.05) is 12.7 Å². The summed E-state index contributed by atoms with van der Waals surface area (Å²) in [6.07, 6.45) is 1.66. The Morgan fingerprint density at radius 1 is 1.62 bits per heavy atom. The van der Waals surface area contributed by atoms with Gasteiger partial charge in [0.2, 0.25) is 5.78 Å². The zero-order valence-corrected chi connectivity index (χ0v) is 11.4. The minimum Gasteiger partial charge on any atom is -0.286 e. The van der Waals surface area contributed by atoms with Gasteiger partial charge in [-0.2, -0.15) is 5.10 Å². The smallest absolute Gasteiger partial charge is 0.220 e. The molecule has 0 spiro atoms. The zero-order chi connectivity index (χ0) is 11.7. The molecule has 0 aliphatic rings. The number of halogens is 1. The number of thiophene rings is 1. The summed E-state index contributed by atoms with van der Waals surface area (Å²) >= 11 is 4.89. The first-order valence-electron chi connectivity index (χ1n) is 4.96. The lowest BCUT2D eigenvalue weighted by molar-refractivity contribution is 0.103. The van der Waals surface area contributed by atoms with Gasteiger partial charge in [-0.3, -0.25) is 9.48 Å². The summed E-state index contributed by atoms with van der Waals surface area (Å²) in [5.74, 6) is 0.0400. The molecule has 2 aromatic heterocycles. The topological polar surface area (TPSA) is 34.9 Å². The molecule has 0 fully saturated rings. The van der Waals surface area contributed by atoms with Crippen LogP contribution in [0.25, 0.3) is 0 Å². The van der Waals surface area contributed by atoms with Crippen LogP contribution in [0.4, 0.5) is 0 Å². The molecule has 16 heavy (non-hydrogen) atoms. The Balaban J connectivity index is 2.39. The highest BCUT2D eigenvalue weighted by Gasteiger charge is 2.16. The van der Waals surface area contributed by atoms with Gasteiger partial charge in [0.05, 0.1) is 8.66 Å². The van der Waals surface area contributed by atoms with Crippen LogP contribution in [0.2, 0.25) is 0 Å². The van der Waals surface area contributed by atoms with Crippen LogP contribution in [-0.4, -0.2) is 15.6 Å². The molecule has 0 aliphatic carbocycles. The fraction of sp³-hybridized carbons (Fsp3) is 0.273. The maximum absolute atomic E-state index is 12.2. The average Bonchev–Trinajstić information content (AvgIpc) is 2.85. The molecule has 0 amide bonds. The summed E-state index contributed by atoms with van der Waals surface area (Å²) in [4.78, 5) is 12.9. The molecule has 2 rings (SSSR count). The molecule has 5 heteroatoms. The first-order chi connectivity index (χ1) is 7.63. The number of aromatic nitrogens is 2. The summed E-state index contributed by atoms with van der Waals surface area (Å²) in [6.45, 7) is 4.66. The summed E-state index contributed by atoms with van der Waals surface area (Å²) in [5.41, 5.74) is 1.74. The van der Waals surface area contributed by atoms with Crippen LogP contribution in [0.5, 0.6) is 0 Å². The lowest BCUT2D eigenvalue weighted by Crippen LogP contribution is -2.09. The molecular formula is C11H11BrN2OS. The SMILES string of the molecule is CCn1nccc1C(=O)c1cc(C)c(Br)s1. The monoisotopic (exact) mass is 298 g/mol. The number of ketones is 1. The third kappa shape index (κ3) is 1.97. The van der Waals surface area contributed by atoms with Crippen LogP contribution in [0.3, 0.4) is 0 Å². The highest BCUT2D eigenvalue weighted by Crippen LogP contribution is 2.28. The highest BCUT2D eigenvalue weighted by molar-refractivity contribution is 9.11. The van der Waals surface area contributed by atoms with Crippen molar-refractivity contribution in [3.8, 4) is 0 Å². The molecular weight excluding hydrogens is 288 g/mol. The zero-order valence-electron chi connectivity index (χ0n) is 9.03. The van der Waals surface area contributed by atoms with E-state index in [0.29, 0.717) is 12.2 Å². The molecule has 0 aliphatic heterocycles. The molecule has 2 heterocycles. The van der Waals surface area contributed by atoms with E-state index in [1.165, 1.54) is 11.3 Å². The van der Waals surface area contributed by atoms with Crippen LogP contribution in [0.15, 0.2) is 22.1 Å². The fourth-order valence-electron chi connectivity index (χ4n) is 1.48. The molecule has 0 atom stereocenters. The van der Waals surface area contributed by atoms with Crippen LogP contribution in [0.1, 0.15) is 27.9 Å². The van der Waals surface area contributed by atoms with E-state index >= 15 is 0 Å². The summed E-state index contributed by atoms with van der Waals surface area (Å²) < 4.78 is 2.73. The van der Waals surface area contributed by atoms with Gasteiger partial charge in [0.1, 0.15) is 5.69 Å². The van der Waals surface area contributed by atoms with E-state index in [1.807, 2.05) is 19.9 Å². The average molecular weight is 299 g/mol. The van der Waals surface area contributed by atoms with Crippen molar-refractivity contribution in [2.75, 3.05) is 0 Å². The molecule has 0 aromatic carbocycles. The minimum absolute atomic E-state index is 0.0400. The van der Waals surface area contributed by atoms with Crippen LogP contribution < -0.4 is 0 Å². The molecule has 0 bridgehead atoms. The third-order valence-corrected chi connectivity index (χ3v) is 4.47. The second kappa shape index (κ2) is 4.51. The second-order valence-electron chi connectivity index (χ2n) is 3.43. The highest BCUT2D eigenvalue weighted by atomic mass is 79.9.